The van der Waals surface area contributed by atoms with Crippen molar-refractivity contribution in [2.45, 2.75) is 284 Å². The molecule has 0 aliphatic heterocycles. The summed E-state index contributed by atoms with van der Waals surface area (Å²) in [6.07, 6.45) is 62.5. The van der Waals surface area contributed by atoms with Gasteiger partial charge >= 0.3 is 17.9 Å². The van der Waals surface area contributed by atoms with Gasteiger partial charge in [0.15, 0.2) is 6.10 Å². The molecule has 0 aliphatic carbocycles. The van der Waals surface area contributed by atoms with Crippen molar-refractivity contribution in [3.8, 4) is 0 Å². The van der Waals surface area contributed by atoms with Crippen LogP contribution >= 0.6 is 0 Å². The van der Waals surface area contributed by atoms with Crippen LogP contribution in [0.3, 0.4) is 0 Å². The van der Waals surface area contributed by atoms with Crippen molar-refractivity contribution in [3.63, 3.8) is 0 Å². The van der Waals surface area contributed by atoms with Crippen molar-refractivity contribution in [1.29, 1.82) is 0 Å². The number of allylic oxidation sites excluding steroid dienone is 8. The Bertz CT molecular complexity index is 1110. The number of carbonyl (C=O) groups is 3. The standard InChI is InChI=1S/C57H102O6/c1-4-7-10-13-16-19-22-25-27-28-29-30-31-33-35-38-41-44-47-50-56(59)62-53-54(52-61-55(58)49-46-43-40-37-34-24-21-18-15-12-9-6-3)63-57(60)51-48-45-42-39-36-32-26-23-20-17-14-11-8-5-2/h8-9,11-12,17-18,20-21,54H,4-7,10,13-16,19,22-53H2,1-3H3/b11-8-,12-9-,20-17-,21-18-. The lowest BCUT2D eigenvalue weighted by Gasteiger charge is -2.18. The second kappa shape index (κ2) is 52.0. The topological polar surface area (TPSA) is 78.9 Å². The van der Waals surface area contributed by atoms with E-state index < -0.39 is 6.10 Å². The average molecular weight is 883 g/mol. The molecule has 0 saturated heterocycles. The summed E-state index contributed by atoms with van der Waals surface area (Å²) in [6, 6.07) is 0. The smallest absolute Gasteiger partial charge is 0.306 e. The van der Waals surface area contributed by atoms with Crippen LogP contribution in [-0.2, 0) is 28.6 Å². The van der Waals surface area contributed by atoms with Crippen molar-refractivity contribution >= 4 is 17.9 Å². The quantitative estimate of drug-likeness (QED) is 0.0262. The molecule has 0 fully saturated rings. The molecule has 0 rings (SSSR count). The van der Waals surface area contributed by atoms with Crippen LogP contribution in [0.5, 0.6) is 0 Å². The molecule has 6 heteroatoms. The van der Waals surface area contributed by atoms with Crippen molar-refractivity contribution in [1.82, 2.24) is 0 Å². The van der Waals surface area contributed by atoms with Gasteiger partial charge < -0.3 is 14.2 Å². The number of hydrogen-bond acceptors (Lipinski definition) is 6. The van der Waals surface area contributed by atoms with Crippen LogP contribution in [0.2, 0.25) is 0 Å². The van der Waals surface area contributed by atoms with Crippen molar-refractivity contribution in [3.05, 3.63) is 48.6 Å². The highest BCUT2D eigenvalue weighted by atomic mass is 16.6. The van der Waals surface area contributed by atoms with Crippen LogP contribution in [0.1, 0.15) is 278 Å². The number of unbranched alkanes of at least 4 members (excludes halogenated alkanes) is 30. The van der Waals surface area contributed by atoms with Crippen LogP contribution < -0.4 is 0 Å². The van der Waals surface area contributed by atoms with Gasteiger partial charge in [0.1, 0.15) is 13.2 Å². The first-order chi connectivity index (χ1) is 31.0. The lowest BCUT2D eigenvalue weighted by atomic mass is 10.0. The molecule has 0 heterocycles. The first kappa shape index (κ1) is 60.4. The van der Waals surface area contributed by atoms with Crippen LogP contribution in [0.4, 0.5) is 0 Å². The summed E-state index contributed by atoms with van der Waals surface area (Å²) in [4.78, 5) is 38.0. The SMILES string of the molecule is CC/C=C\C/C=C\CCCCCCCCCC(=O)OC(COC(=O)CCCCCCC/C=C\C/C=C\CC)COC(=O)CCCCCCCCCCCCCCCCCCCCC. The van der Waals surface area contributed by atoms with E-state index in [0.717, 1.165) is 103 Å². The monoisotopic (exact) mass is 883 g/mol. The summed E-state index contributed by atoms with van der Waals surface area (Å²) in [5.74, 6) is -0.892. The van der Waals surface area contributed by atoms with Gasteiger partial charge in [-0.3, -0.25) is 14.4 Å². The fourth-order valence-corrected chi connectivity index (χ4v) is 7.81. The second-order valence-corrected chi connectivity index (χ2v) is 18.1. The van der Waals surface area contributed by atoms with E-state index in [1.54, 1.807) is 0 Å². The van der Waals surface area contributed by atoms with E-state index in [0.29, 0.717) is 19.3 Å². The molecule has 0 spiro atoms. The summed E-state index contributed by atoms with van der Waals surface area (Å²) < 4.78 is 16.8. The predicted molar refractivity (Wildman–Crippen MR) is 270 cm³/mol. The Labute approximate surface area is 390 Å². The molecule has 1 atom stereocenters. The summed E-state index contributed by atoms with van der Waals surface area (Å²) in [5, 5.41) is 0. The van der Waals surface area contributed by atoms with Crippen LogP contribution in [0.25, 0.3) is 0 Å². The van der Waals surface area contributed by atoms with Gasteiger partial charge in [0.05, 0.1) is 0 Å². The van der Waals surface area contributed by atoms with Gasteiger partial charge in [-0.15, -0.1) is 0 Å². The van der Waals surface area contributed by atoms with E-state index in [2.05, 4.69) is 69.4 Å². The molecular weight excluding hydrogens is 781 g/mol. The van der Waals surface area contributed by atoms with E-state index in [1.165, 1.54) is 135 Å². The number of rotatable bonds is 49. The summed E-state index contributed by atoms with van der Waals surface area (Å²) in [5.41, 5.74) is 0. The summed E-state index contributed by atoms with van der Waals surface area (Å²) in [7, 11) is 0. The van der Waals surface area contributed by atoms with E-state index >= 15 is 0 Å². The first-order valence-electron chi connectivity index (χ1n) is 27.1. The van der Waals surface area contributed by atoms with E-state index in [4.69, 9.17) is 14.2 Å². The molecular formula is C57H102O6. The Morgan fingerprint density at radius 2 is 0.619 bits per heavy atom. The Balaban J connectivity index is 4.31. The third kappa shape index (κ3) is 50.2. The van der Waals surface area contributed by atoms with E-state index in [1.807, 2.05) is 0 Å². The molecule has 0 saturated carbocycles. The average Bonchev–Trinajstić information content (AvgIpc) is 3.28. The molecule has 1 unspecified atom stereocenters. The lowest BCUT2D eigenvalue weighted by molar-refractivity contribution is -0.167. The maximum absolute atomic E-state index is 12.8. The van der Waals surface area contributed by atoms with Gasteiger partial charge in [-0.25, -0.2) is 0 Å². The van der Waals surface area contributed by atoms with Gasteiger partial charge in [0.2, 0.25) is 0 Å². The zero-order valence-electron chi connectivity index (χ0n) is 41.8. The van der Waals surface area contributed by atoms with Gasteiger partial charge in [-0.05, 0) is 70.6 Å². The zero-order valence-corrected chi connectivity index (χ0v) is 41.8. The minimum absolute atomic E-state index is 0.0784. The first-order valence-corrected chi connectivity index (χ1v) is 27.1. The van der Waals surface area contributed by atoms with Crippen molar-refractivity contribution < 1.29 is 28.6 Å². The van der Waals surface area contributed by atoms with Crippen LogP contribution in [-0.4, -0.2) is 37.2 Å². The van der Waals surface area contributed by atoms with Gasteiger partial charge in [-0.2, -0.15) is 0 Å². The van der Waals surface area contributed by atoms with Crippen molar-refractivity contribution in [2.24, 2.45) is 0 Å². The Kier molecular flexibility index (Phi) is 49.8. The minimum Gasteiger partial charge on any atom is -0.462 e. The molecule has 0 radical (unpaired) electrons. The molecule has 0 aromatic carbocycles. The Hall–Kier alpha value is -2.63. The number of ether oxygens (including phenoxy) is 3. The Morgan fingerprint density at radius 3 is 0.952 bits per heavy atom. The van der Waals surface area contributed by atoms with Crippen LogP contribution in [0.15, 0.2) is 48.6 Å². The predicted octanol–water partition coefficient (Wildman–Crippen LogP) is 17.9. The molecule has 366 valence electrons. The molecule has 0 amide bonds. The highest BCUT2D eigenvalue weighted by Crippen LogP contribution is 2.16. The maximum Gasteiger partial charge on any atom is 0.306 e. The molecule has 6 nitrogen and oxygen atoms in total. The number of hydrogen-bond donors (Lipinski definition) is 0. The fourth-order valence-electron chi connectivity index (χ4n) is 7.81. The number of esters is 3. The lowest BCUT2D eigenvalue weighted by Crippen LogP contribution is -2.30. The molecule has 0 aromatic rings. The van der Waals surface area contributed by atoms with E-state index in [9.17, 15) is 14.4 Å². The molecule has 0 N–H and O–H groups in total. The highest BCUT2D eigenvalue weighted by Gasteiger charge is 2.19. The molecule has 0 aromatic heterocycles. The second-order valence-electron chi connectivity index (χ2n) is 18.1. The van der Waals surface area contributed by atoms with Crippen molar-refractivity contribution in [2.75, 3.05) is 13.2 Å². The minimum atomic E-state index is -0.780. The summed E-state index contributed by atoms with van der Waals surface area (Å²) in [6.45, 7) is 6.43. The summed E-state index contributed by atoms with van der Waals surface area (Å²) >= 11 is 0. The maximum atomic E-state index is 12.8. The molecule has 0 aliphatic rings. The van der Waals surface area contributed by atoms with Gasteiger partial charge in [0.25, 0.3) is 0 Å². The third-order valence-electron chi connectivity index (χ3n) is 11.8. The van der Waals surface area contributed by atoms with Crippen LogP contribution in [0, 0.1) is 0 Å². The zero-order chi connectivity index (χ0) is 45.8. The van der Waals surface area contributed by atoms with Gasteiger partial charge in [0, 0.05) is 19.3 Å². The normalized spacial score (nSPS) is 12.4. The highest BCUT2D eigenvalue weighted by molar-refractivity contribution is 5.71. The number of carbonyl (C=O) groups excluding carboxylic acids is 3. The third-order valence-corrected chi connectivity index (χ3v) is 11.8. The fraction of sp³-hybridized carbons (Fsp3) is 0.807. The largest absolute Gasteiger partial charge is 0.462 e. The Morgan fingerprint density at radius 1 is 0.333 bits per heavy atom. The molecule has 0 bridgehead atoms. The van der Waals surface area contributed by atoms with Gasteiger partial charge in [-0.1, -0.05) is 236 Å². The van der Waals surface area contributed by atoms with E-state index in [-0.39, 0.29) is 31.1 Å². The molecule has 63 heavy (non-hydrogen) atoms.